The average molecular weight is 135 g/mol. The van der Waals surface area contributed by atoms with Crippen LogP contribution in [0.5, 0.6) is 0 Å². The van der Waals surface area contributed by atoms with Gasteiger partial charge < -0.3 is 0 Å². The van der Waals surface area contributed by atoms with Gasteiger partial charge in [-0.25, -0.2) is 0 Å². The first kappa shape index (κ1) is 6.22. The first-order chi connectivity index (χ1) is 4.43. The second kappa shape index (κ2) is 1.03. The summed E-state index contributed by atoms with van der Waals surface area (Å²) >= 11 is 0. The summed E-state index contributed by atoms with van der Waals surface area (Å²) in [6.07, 6.45) is 0. The van der Waals surface area contributed by atoms with E-state index in [1.54, 1.807) is 0 Å². The van der Waals surface area contributed by atoms with Crippen molar-refractivity contribution in [3.8, 4) is 6.07 Å². The van der Waals surface area contributed by atoms with E-state index >= 15 is 0 Å². The van der Waals surface area contributed by atoms with E-state index in [2.05, 4.69) is 33.8 Å². The van der Waals surface area contributed by atoms with Crippen molar-refractivity contribution in [1.82, 2.24) is 0 Å². The summed E-state index contributed by atoms with van der Waals surface area (Å²) in [5.74, 6) is 0.678. The lowest BCUT2D eigenvalue weighted by Gasteiger charge is -2.25. The molecule has 0 heterocycles. The van der Waals surface area contributed by atoms with Gasteiger partial charge in [-0.1, -0.05) is 27.7 Å². The molecule has 0 bridgehead atoms. The highest BCUT2D eigenvalue weighted by Crippen LogP contribution is 2.96. The number of fused-ring (bicyclic) bond motifs is 1. The van der Waals surface area contributed by atoms with E-state index in [-0.39, 0.29) is 5.41 Å². The molecule has 0 amide bonds. The Balaban J connectivity index is 2.36. The Kier molecular flexibility index (Phi) is 0.641. The highest BCUT2D eigenvalue weighted by Gasteiger charge is 2.96. The molecule has 0 radical (unpaired) electrons. The van der Waals surface area contributed by atoms with E-state index in [1.165, 1.54) is 0 Å². The van der Waals surface area contributed by atoms with Crippen molar-refractivity contribution in [3.05, 3.63) is 0 Å². The monoisotopic (exact) mass is 135 g/mol. The quantitative estimate of drug-likeness (QED) is 0.499. The zero-order valence-corrected chi connectivity index (χ0v) is 7.02. The standard InChI is InChI=1S/C9H13N/c1-7(2)6-8(3,4)9(6,7)5-10/h6H,1-4H3. The summed E-state index contributed by atoms with van der Waals surface area (Å²) in [5.41, 5.74) is 0.705. The Labute approximate surface area is 62.0 Å². The molecule has 0 aromatic carbocycles. The lowest BCUT2D eigenvalue weighted by molar-refractivity contribution is 0.235. The zero-order valence-electron chi connectivity index (χ0n) is 7.02. The van der Waals surface area contributed by atoms with Gasteiger partial charge in [0, 0.05) is 0 Å². The van der Waals surface area contributed by atoms with Gasteiger partial charge in [-0.3, -0.25) is 0 Å². The Morgan fingerprint density at radius 2 is 1.50 bits per heavy atom. The van der Waals surface area contributed by atoms with Crippen LogP contribution in [0.4, 0.5) is 0 Å². The second-order valence-electron chi connectivity index (χ2n) is 4.80. The summed E-state index contributed by atoms with van der Waals surface area (Å²) < 4.78 is 0. The van der Waals surface area contributed by atoms with E-state index in [0.29, 0.717) is 16.7 Å². The molecular formula is C9H13N. The van der Waals surface area contributed by atoms with Crippen LogP contribution < -0.4 is 0 Å². The lowest BCUT2D eigenvalue weighted by Crippen LogP contribution is -2.22. The fourth-order valence-corrected chi connectivity index (χ4v) is 3.53. The van der Waals surface area contributed by atoms with E-state index in [4.69, 9.17) is 5.26 Å². The molecule has 0 atom stereocenters. The van der Waals surface area contributed by atoms with E-state index < -0.39 is 0 Å². The molecule has 2 rings (SSSR count). The van der Waals surface area contributed by atoms with Crippen molar-refractivity contribution < 1.29 is 0 Å². The minimum atomic E-state index is 0.0556. The van der Waals surface area contributed by atoms with Crippen LogP contribution in [0.15, 0.2) is 0 Å². The van der Waals surface area contributed by atoms with Crippen LogP contribution in [0.3, 0.4) is 0 Å². The molecule has 1 heteroatoms. The summed E-state index contributed by atoms with van der Waals surface area (Å²) in [6, 6.07) is 2.47. The summed E-state index contributed by atoms with van der Waals surface area (Å²) in [5, 5.41) is 8.93. The summed E-state index contributed by atoms with van der Waals surface area (Å²) in [4.78, 5) is 0. The molecule has 54 valence electrons. The van der Waals surface area contributed by atoms with Gasteiger partial charge in [0.2, 0.25) is 0 Å². The number of nitriles is 1. The highest BCUT2D eigenvalue weighted by atomic mass is 15.0. The van der Waals surface area contributed by atoms with Gasteiger partial charge in [0.1, 0.15) is 0 Å². The summed E-state index contributed by atoms with van der Waals surface area (Å²) in [6.45, 7) is 8.80. The van der Waals surface area contributed by atoms with Crippen molar-refractivity contribution in [2.75, 3.05) is 0 Å². The Morgan fingerprint density at radius 1 is 1.10 bits per heavy atom. The maximum Gasteiger partial charge on any atom is 0.0721 e. The molecule has 2 saturated carbocycles. The Hall–Kier alpha value is -0.510. The van der Waals surface area contributed by atoms with Crippen LogP contribution in [0.1, 0.15) is 27.7 Å². The number of hydrogen-bond acceptors (Lipinski definition) is 1. The third-order valence-electron chi connectivity index (χ3n) is 3.92. The normalized spacial score (nSPS) is 50.9. The van der Waals surface area contributed by atoms with Gasteiger partial charge >= 0.3 is 0 Å². The van der Waals surface area contributed by atoms with E-state index in [0.717, 1.165) is 0 Å². The largest absolute Gasteiger partial charge is 0.198 e. The Morgan fingerprint density at radius 3 is 1.50 bits per heavy atom. The zero-order chi connectivity index (χ0) is 7.78. The van der Waals surface area contributed by atoms with E-state index in [9.17, 15) is 0 Å². The fraction of sp³-hybridized carbons (Fsp3) is 0.889. The van der Waals surface area contributed by atoms with Crippen molar-refractivity contribution in [3.63, 3.8) is 0 Å². The van der Waals surface area contributed by atoms with Crippen LogP contribution in [0.25, 0.3) is 0 Å². The third-order valence-corrected chi connectivity index (χ3v) is 3.92. The third kappa shape index (κ3) is 0.265. The minimum Gasteiger partial charge on any atom is -0.198 e. The number of nitrogens with zero attached hydrogens (tertiary/aromatic N) is 1. The molecule has 2 aliphatic carbocycles. The van der Waals surface area contributed by atoms with Crippen molar-refractivity contribution in [1.29, 1.82) is 5.26 Å². The molecule has 0 N–H and O–H groups in total. The van der Waals surface area contributed by atoms with Crippen molar-refractivity contribution in [2.24, 2.45) is 22.2 Å². The molecule has 10 heavy (non-hydrogen) atoms. The fourth-order valence-electron chi connectivity index (χ4n) is 3.53. The highest BCUT2D eigenvalue weighted by molar-refractivity contribution is 5.48. The van der Waals surface area contributed by atoms with Crippen LogP contribution in [-0.4, -0.2) is 0 Å². The first-order valence-corrected chi connectivity index (χ1v) is 3.84. The molecule has 0 aromatic heterocycles. The maximum absolute atomic E-state index is 8.93. The van der Waals surface area contributed by atoms with Crippen LogP contribution in [0.2, 0.25) is 0 Å². The van der Waals surface area contributed by atoms with Gasteiger partial charge in [0.25, 0.3) is 0 Å². The average Bonchev–Trinajstić information content (AvgIpc) is 2.50. The predicted molar refractivity (Wildman–Crippen MR) is 39.1 cm³/mol. The van der Waals surface area contributed by atoms with Crippen molar-refractivity contribution in [2.45, 2.75) is 27.7 Å². The molecule has 2 aliphatic rings. The molecule has 1 nitrogen and oxygen atoms in total. The van der Waals surface area contributed by atoms with Crippen LogP contribution in [-0.2, 0) is 0 Å². The van der Waals surface area contributed by atoms with Crippen LogP contribution in [0, 0.1) is 33.5 Å². The SMILES string of the molecule is CC1(C)C2C(C)(C)C21C#N. The molecule has 0 aromatic rings. The smallest absolute Gasteiger partial charge is 0.0721 e. The van der Waals surface area contributed by atoms with Gasteiger partial charge in [0.05, 0.1) is 11.5 Å². The van der Waals surface area contributed by atoms with Gasteiger partial charge in [-0.05, 0) is 16.7 Å². The predicted octanol–water partition coefficient (Wildman–Crippen LogP) is 2.19. The first-order valence-electron chi connectivity index (χ1n) is 3.84. The van der Waals surface area contributed by atoms with Gasteiger partial charge in [-0.15, -0.1) is 0 Å². The molecule has 2 fully saturated rings. The molecule has 0 saturated heterocycles. The molecule has 0 unspecified atom stereocenters. The second-order valence-corrected chi connectivity index (χ2v) is 4.80. The molecule has 0 aliphatic heterocycles. The lowest BCUT2D eigenvalue weighted by atomic mass is 9.77. The number of hydrogen-bond donors (Lipinski definition) is 0. The maximum atomic E-state index is 8.93. The Bertz CT molecular complexity index is 226. The van der Waals surface area contributed by atoms with Gasteiger partial charge in [0.15, 0.2) is 0 Å². The molecule has 0 spiro atoms. The topological polar surface area (TPSA) is 23.8 Å². The minimum absolute atomic E-state index is 0.0556. The van der Waals surface area contributed by atoms with Crippen molar-refractivity contribution >= 4 is 0 Å². The molecular weight excluding hydrogens is 122 g/mol. The van der Waals surface area contributed by atoms with Gasteiger partial charge in [-0.2, -0.15) is 5.26 Å². The summed E-state index contributed by atoms with van der Waals surface area (Å²) in [7, 11) is 0. The van der Waals surface area contributed by atoms with Crippen LogP contribution >= 0.6 is 0 Å². The number of rotatable bonds is 0. The van der Waals surface area contributed by atoms with E-state index in [1.807, 2.05) is 0 Å².